The highest BCUT2D eigenvalue weighted by Gasteiger charge is 2.09. The largest absolute Gasteiger partial charge is 0.384 e. The Bertz CT molecular complexity index is 1050. The average Bonchev–Trinajstić information content (AvgIpc) is 3.12. The summed E-state index contributed by atoms with van der Waals surface area (Å²) in [4.78, 5) is 17.7. The molecular weight excluding hydrogens is 348 g/mol. The fraction of sp³-hybridized carbons (Fsp3) is 0.0526. The molecule has 6 nitrogen and oxygen atoms in total. The molecule has 0 amide bonds. The van der Waals surface area contributed by atoms with Gasteiger partial charge in [-0.1, -0.05) is 23.7 Å². The molecule has 0 saturated heterocycles. The van der Waals surface area contributed by atoms with Crippen LogP contribution in [0.2, 0.25) is 5.02 Å². The fourth-order valence-electron chi connectivity index (χ4n) is 2.57. The number of nitrogen functional groups attached to an aromatic ring is 1. The molecule has 0 bridgehead atoms. The monoisotopic (exact) mass is 362 g/mol. The van der Waals surface area contributed by atoms with Gasteiger partial charge in [0.1, 0.15) is 12.1 Å². The van der Waals surface area contributed by atoms with E-state index >= 15 is 0 Å². The van der Waals surface area contributed by atoms with Crippen LogP contribution >= 0.6 is 11.6 Å². The number of imidazole rings is 1. The van der Waals surface area contributed by atoms with Crippen LogP contribution in [0.3, 0.4) is 0 Å². The molecule has 0 radical (unpaired) electrons. The van der Waals surface area contributed by atoms with Crippen LogP contribution in [0, 0.1) is 6.92 Å². The van der Waals surface area contributed by atoms with Crippen LogP contribution in [0.25, 0.3) is 28.5 Å². The molecule has 0 aliphatic rings. The highest BCUT2D eigenvalue weighted by atomic mass is 35.5. The van der Waals surface area contributed by atoms with Gasteiger partial charge in [-0.2, -0.15) is 0 Å². The zero-order chi connectivity index (χ0) is 18.1. The lowest BCUT2D eigenvalue weighted by Crippen LogP contribution is -2.01. The summed E-state index contributed by atoms with van der Waals surface area (Å²) in [5.41, 5.74) is 9.95. The predicted octanol–water partition coefficient (Wildman–Crippen LogP) is 3.94. The third-order valence-corrected chi connectivity index (χ3v) is 4.13. The Morgan fingerprint density at radius 1 is 0.923 bits per heavy atom. The fourth-order valence-corrected chi connectivity index (χ4v) is 2.70. The summed E-state index contributed by atoms with van der Waals surface area (Å²) in [5, 5.41) is 0.691. The molecule has 2 N–H and O–H groups in total. The highest BCUT2D eigenvalue weighted by Crippen LogP contribution is 2.22. The molecule has 4 rings (SSSR count). The minimum atomic E-state index is 0.475. The van der Waals surface area contributed by atoms with Crippen LogP contribution < -0.4 is 5.73 Å². The van der Waals surface area contributed by atoms with Crippen molar-refractivity contribution in [2.75, 3.05) is 5.73 Å². The number of nitrogens with zero attached hydrogens (tertiary/aromatic N) is 5. The van der Waals surface area contributed by atoms with E-state index in [4.69, 9.17) is 17.3 Å². The number of hydrogen-bond acceptors (Lipinski definition) is 5. The van der Waals surface area contributed by atoms with E-state index in [1.807, 2.05) is 49.5 Å². The molecule has 1 aromatic carbocycles. The van der Waals surface area contributed by atoms with Gasteiger partial charge in [0.15, 0.2) is 0 Å². The van der Waals surface area contributed by atoms with Crippen molar-refractivity contribution in [1.29, 1.82) is 0 Å². The molecule has 0 unspecified atom stereocenters. The van der Waals surface area contributed by atoms with Crippen molar-refractivity contribution in [1.82, 2.24) is 24.5 Å². The highest BCUT2D eigenvalue weighted by molar-refractivity contribution is 6.30. The summed E-state index contributed by atoms with van der Waals surface area (Å²) in [7, 11) is 0. The van der Waals surface area contributed by atoms with E-state index in [0.29, 0.717) is 16.8 Å². The summed E-state index contributed by atoms with van der Waals surface area (Å²) >= 11 is 5.97. The summed E-state index contributed by atoms with van der Waals surface area (Å²) in [6.45, 7) is 1.94. The first-order chi connectivity index (χ1) is 12.6. The number of aryl methyl sites for hydroxylation is 1. The normalized spacial score (nSPS) is 10.8. The van der Waals surface area contributed by atoms with Gasteiger partial charge in [0.2, 0.25) is 5.95 Å². The molecule has 26 heavy (non-hydrogen) atoms. The third-order valence-electron chi connectivity index (χ3n) is 3.88. The Kier molecular flexibility index (Phi) is 4.10. The Morgan fingerprint density at radius 3 is 2.42 bits per heavy atom. The number of benzene rings is 1. The number of rotatable bonds is 3. The molecule has 0 spiro atoms. The maximum Gasteiger partial charge on any atom is 0.235 e. The molecule has 0 fully saturated rings. The van der Waals surface area contributed by atoms with Gasteiger partial charge in [0.25, 0.3) is 0 Å². The van der Waals surface area contributed by atoms with E-state index in [2.05, 4.69) is 19.9 Å². The van der Waals surface area contributed by atoms with Gasteiger partial charge < -0.3 is 5.73 Å². The molecule has 7 heteroatoms. The minimum absolute atomic E-state index is 0.475. The average molecular weight is 363 g/mol. The zero-order valence-electron chi connectivity index (χ0n) is 14.0. The maximum atomic E-state index is 5.97. The predicted molar refractivity (Wildman–Crippen MR) is 102 cm³/mol. The van der Waals surface area contributed by atoms with Gasteiger partial charge in [-0.25, -0.2) is 19.9 Å². The van der Waals surface area contributed by atoms with Gasteiger partial charge in [-0.3, -0.25) is 4.57 Å². The summed E-state index contributed by atoms with van der Waals surface area (Å²) in [6, 6.07) is 13.1. The first kappa shape index (κ1) is 16.2. The second kappa shape index (κ2) is 6.57. The second-order valence-electron chi connectivity index (χ2n) is 5.84. The summed E-state index contributed by atoms with van der Waals surface area (Å²) in [6.07, 6.45) is 5.25. The standard InChI is InChI=1S/C19H15ClN6/c1-12-8-16(13-2-5-15(20)6-3-13)25-19(24-12)26-10-17(23-11-26)14-4-7-18(21)22-9-14/h2-11H,1H3,(H2,21,22). The number of pyridine rings is 1. The number of anilines is 1. The molecule has 3 aromatic heterocycles. The Labute approximate surface area is 155 Å². The van der Waals surface area contributed by atoms with Gasteiger partial charge >= 0.3 is 0 Å². The SMILES string of the molecule is Cc1cc(-c2ccc(Cl)cc2)nc(-n2cnc(-c3ccc(N)nc3)c2)n1. The van der Waals surface area contributed by atoms with E-state index in [1.165, 1.54) is 0 Å². The molecule has 4 aromatic rings. The number of halogens is 1. The zero-order valence-corrected chi connectivity index (χ0v) is 14.7. The van der Waals surface area contributed by atoms with Crippen LogP contribution in [-0.2, 0) is 0 Å². The summed E-state index contributed by atoms with van der Waals surface area (Å²) in [5.74, 6) is 1.03. The van der Waals surface area contributed by atoms with Crippen LogP contribution in [0.4, 0.5) is 5.82 Å². The van der Waals surface area contributed by atoms with Crippen molar-refractivity contribution in [2.24, 2.45) is 0 Å². The first-order valence-corrected chi connectivity index (χ1v) is 8.34. The van der Waals surface area contributed by atoms with E-state index in [-0.39, 0.29) is 0 Å². The van der Waals surface area contributed by atoms with Crippen molar-refractivity contribution in [2.45, 2.75) is 6.92 Å². The van der Waals surface area contributed by atoms with Gasteiger partial charge in [0, 0.05) is 34.2 Å². The number of nitrogens with two attached hydrogens (primary N) is 1. The minimum Gasteiger partial charge on any atom is -0.384 e. The summed E-state index contributed by atoms with van der Waals surface area (Å²) < 4.78 is 1.79. The number of hydrogen-bond donors (Lipinski definition) is 1. The van der Waals surface area contributed by atoms with Crippen molar-refractivity contribution in [3.8, 4) is 28.5 Å². The molecule has 3 heterocycles. The topological polar surface area (TPSA) is 82.5 Å². The van der Waals surface area contributed by atoms with Crippen molar-refractivity contribution in [3.63, 3.8) is 0 Å². The molecule has 128 valence electrons. The smallest absolute Gasteiger partial charge is 0.235 e. The van der Waals surface area contributed by atoms with E-state index in [0.717, 1.165) is 28.2 Å². The van der Waals surface area contributed by atoms with Crippen molar-refractivity contribution >= 4 is 17.4 Å². The van der Waals surface area contributed by atoms with Crippen LogP contribution in [0.1, 0.15) is 5.69 Å². The van der Waals surface area contributed by atoms with Crippen molar-refractivity contribution in [3.05, 3.63) is 71.9 Å². The lowest BCUT2D eigenvalue weighted by Gasteiger charge is -2.06. The quantitative estimate of drug-likeness (QED) is 0.597. The lowest BCUT2D eigenvalue weighted by atomic mass is 10.1. The van der Waals surface area contributed by atoms with E-state index < -0.39 is 0 Å². The maximum absolute atomic E-state index is 5.97. The van der Waals surface area contributed by atoms with Crippen LogP contribution in [-0.4, -0.2) is 24.5 Å². The van der Waals surface area contributed by atoms with E-state index in [1.54, 1.807) is 23.2 Å². The second-order valence-corrected chi connectivity index (χ2v) is 6.28. The molecule has 0 saturated carbocycles. The van der Waals surface area contributed by atoms with Gasteiger partial charge in [0.05, 0.1) is 11.4 Å². The van der Waals surface area contributed by atoms with E-state index in [9.17, 15) is 0 Å². The van der Waals surface area contributed by atoms with Gasteiger partial charge in [-0.15, -0.1) is 0 Å². The number of aromatic nitrogens is 5. The third kappa shape index (κ3) is 3.27. The van der Waals surface area contributed by atoms with Gasteiger partial charge in [-0.05, 0) is 37.3 Å². The van der Waals surface area contributed by atoms with Crippen molar-refractivity contribution < 1.29 is 0 Å². The molecule has 0 aliphatic carbocycles. The van der Waals surface area contributed by atoms with Crippen LogP contribution in [0.15, 0.2) is 61.2 Å². The Morgan fingerprint density at radius 2 is 1.69 bits per heavy atom. The lowest BCUT2D eigenvalue weighted by molar-refractivity contribution is 0.912. The van der Waals surface area contributed by atoms with Crippen LogP contribution in [0.5, 0.6) is 0 Å². The Hall–Kier alpha value is -3.25. The molecule has 0 atom stereocenters. The first-order valence-electron chi connectivity index (χ1n) is 7.96. The molecular formula is C19H15ClN6. The Balaban J connectivity index is 1.72. The molecule has 0 aliphatic heterocycles.